The molecule has 1 N–H and O–H groups in total. The van der Waals surface area contributed by atoms with Gasteiger partial charge in [-0.15, -0.1) is 0 Å². The molecule has 2 aromatic rings. The van der Waals surface area contributed by atoms with Crippen LogP contribution < -0.4 is 5.32 Å². The molecule has 3 rings (SSSR count). The molecule has 0 radical (unpaired) electrons. The summed E-state index contributed by atoms with van der Waals surface area (Å²) in [6.07, 6.45) is -0.281. The molecule has 0 bridgehead atoms. The van der Waals surface area contributed by atoms with E-state index in [0.29, 0.717) is 37.3 Å². The number of nitrogens with zero attached hydrogens (tertiary/aromatic N) is 3. The first kappa shape index (κ1) is 18.3. The molecule has 1 aromatic heterocycles. The minimum atomic E-state index is -4.19. The highest BCUT2D eigenvalue weighted by Gasteiger charge is 2.32. The van der Waals surface area contributed by atoms with Crippen LogP contribution in [0.1, 0.15) is 23.2 Å². The molecule has 1 aliphatic heterocycles. The Morgan fingerprint density at radius 2 is 1.73 bits per heavy atom. The summed E-state index contributed by atoms with van der Waals surface area (Å²) in [7, 11) is 0. The van der Waals surface area contributed by atoms with Crippen LogP contribution in [0.4, 0.5) is 13.2 Å². The number of hydrogen-bond acceptors (Lipinski definition) is 4. The van der Waals surface area contributed by atoms with Gasteiger partial charge in [-0.25, -0.2) is 9.97 Å². The van der Waals surface area contributed by atoms with Gasteiger partial charge in [0.25, 0.3) is 5.91 Å². The number of piperidine rings is 1. The smallest absolute Gasteiger partial charge is 0.349 e. The van der Waals surface area contributed by atoms with E-state index in [2.05, 4.69) is 15.3 Å². The quantitative estimate of drug-likeness (QED) is 0.906. The monoisotopic (exact) mass is 364 g/mol. The Labute approximate surface area is 149 Å². The molecule has 8 heteroatoms. The predicted octanol–water partition coefficient (Wildman–Crippen LogP) is 2.90. The Kier molecular flexibility index (Phi) is 5.51. The molecule has 1 fully saturated rings. The molecule has 5 nitrogen and oxygen atoms in total. The summed E-state index contributed by atoms with van der Waals surface area (Å²) in [4.78, 5) is 22.1. The SMILES string of the molecule is O=C(NC1CCN(CC(F)(F)F)CC1)c1cnc(-c2ccccc2)nc1. The third-order valence-electron chi connectivity index (χ3n) is 4.27. The van der Waals surface area contributed by atoms with Crippen molar-refractivity contribution in [3.63, 3.8) is 0 Å². The zero-order chi connectivity index (χ0) is 18.6. The van der Waals surface area contributed by atoms with Gasteiger partial charge >= 0.3 is 6.18 Å². The van der Waals surface area contributed by atoms with Crippen molar-refractivity contribution in [2.24, 2.45) is 0 Å². The maximum atomic E-state index is 12.4. The van der Waals surface area contributed by atoms with E-state index < -0.39 is 12.7 Å². The number of rotatable bonds is 4. The first-order chi connectivity index (χ1) is 12.4. The topological polar surface area (TPSA) is 58.1 Å². The number of benzene rings is 1. The van der Waals surface area contributed by atoms with Crippen molar-refractivity contribution in [1.82, 2.24) is 20.2 Å². The van der Waals surface area contributed by atoms with Gasteiger partial charge in [-0.2, -0.15) is 13.2 Å². The summed E-state index contributed by atoms with van der Waals surface area (Å²) in [6.45, 7) is -0.274. The van der Waals surface area contributed by atoms with Gasteiger partial charge in [-0.3, -0.25) is 9.69 Å². The van der Waals surface area contributed by atoms with Crippen molar-refractivity contribution in [3.8, 4) is 11.4 Å². The van der Waals surface area contributed by atoms with Crippen LogP contribution in [-0.4, -0.2) is 52.6 Å². The van der Waals surface area contributed by atoms with E-state index in [1.54, 1.807) is 0 Å². The molecule has 1 aromatic carbocycles. The van der Waals surface area contributed by atoms with E-state index in [1.165, 1.54) is 17.3 Å². The summed E-state index contributed by atoms with van der Waals surface area (Å²) in [5.41, 5.74) is 1.19. The lowest BCUT2D eigenvalue weighted by Crippen LogP contribution is -2.47. The molecule has 0 atom stereocenters. The van der Waals surface area contributed by atoms with E-state index >= 15 is 0 Å². The molecule has 0 aliphatic carbocycles. The number of alkyl halides is 3. The van der Waals surface area contributed by atoms with Crippen LogP contribution in [0.3, 0.4) is 0 Å². The van der Waals surface area contributed by atoms with Crippen molar-refractivity contribution in [3.05, 3.63) is 48.3 Å². The molecule has 1 amide bonds. The normalized spacial score (nSPS) is 16.4. The second-order valence-electron chi connectivity index (χ2n) is 6.30. The van der Waals surface area contributed by atoms with Crippen molar-refractivity contribution in [1.29, 1.82) is 0 Å². The second kappa shape index (κ2) is 7.82. The molecule has 26 heavy (non-hydrogen) atoms. The average molecular weight is 364 g/mol. The van der Waals surface area contributed by atoms with Crippen molar-refractivity contribution in [2.75, 3.05) is 19.6 Å². The van der Waals surface area contributed by atoms with Crippen LogP contribution in [0.25, 0.3) is 11.4 Å². The number of hydrogen-bond donors (Lipinski definition) is 1. The summed E-state index contributed by atoms with van der Waals surface area (Å²) in [5, 5.41) is 2.85. The number of halogens is 3. The zero-order valence-electron chi connectivity index (χ0n) is 14.0. The maximum Gasteiger partial charge on any atom is 0.401 e. The lowest BCUT2D eigenvalue weighted by atomic mass is 10.0. The van der Waals surface area contributed by atoms with Crippen molar-refractivity contribution < 1.29 is 18.0 Å². The number of nitrogens with one attached hydrogen (secondary N) is 1. The lowest BCUT2D eigenvalue weighted by Gasteiger charge is -2.32. The van der Waals surface area contributed by atoms with E-state index in [-0.39, 0.29) is 11.9 Å². The highest BCUT2D eigenvalue weighted by Crippen LogP contribution is 2.20. The highest BCUT2D eigenvalue weighted by molar-refractivity contribution is 5.93. The Morgan fingerprint density at radius 3 is 2.31 bits per heavy atom. The molecule has 2 heterocycles. The first-order valence-corrected chi connectivity index (χ1v) is 8.38. The first-order valence-electron chi connectivity index (χ1n) is 8.38. The highest BCUT2D eigenvalue weighted by atomic mass is 19.4. The molecular formula is C18H19F3N4O. The number of carbonyl (C=O) groups is 1. The molecule has 0 spiro atoms. The van der Waals surface area contributed by atoms with Crippen LogP contribution in [0.5, 0.6) is 0 Å². The van der Waals surface area contributed by atoms with Gasteiger partial charge in [0.05, 0.1) is 12.1 Å². The van der Waals surface area contributed by atoms with Gasteiger partial charge in [0, 0.05) is 37.1 Å². The van der Waals surface area contributed by atoms with Gasteiger partial charge in [-0.05, 0) is 12.8 Å². The number of amides is 1. The fourth-order valence-electron chi connectivity index (χ4n) is 2.94. The minimum absolute atomic E-state index is 0.138. The summed E-state index contributed by atoms with van der Waals surface area (Å²) >= 11 is 0. The fourth-order valence-corrected chi connectivity index (χ4v) is 2.94. The largest absolute Gasteiger partial charge is 0.401 e. The van der Waals surface area contributed by atoms with Gasteiger partial charge in [0.1, 0.15) is 0 Å². The Bertz CT molecular complexity index is 726. The fraction of sp³-hybridized carbons (Fsp3) is 0.389. The zero-order valence-corrected chi connectivity index (χ0v) is 14.0. The summed E-state index contributed by atoms with van der Waals surface area (Å²) < 4.78 is 37.2. The third-order valence-corrected chi connectivity index (χ3v) is 4.27. The third kappa shape index (κ3) is 5.01. The van der Waals surface area contributed by atoms with Gasteiger partial charge < -0.3 is 5.32 Å². The van der Waals surface area contributed by atoms with Crippen LogP contribution in [0.15, 0.2) is 42.7 Å². The Balaban J connectivity index is 1.53. The van der Waals surface area contributed by atoms with Gasteiger partial charge in [-0.1, -0.05) is 30.3 Å². The van der Waals surface area contributed by atoms with Crippen LogP contribution in [-0.2, 0) is 0 Å². The average Bonchev–Trinajstić information content (AvgIpc) is 2.63. The standard InChI is InChI=1S/C18H19F3N4O/c19-18(20,21)12-25-8-6-15(7-9-25)24-17(26)14-10-22-16(23-11-14)13-4-2-1-3-5-13/h1-5,10-11,15H,6-9,12H2,(H,24,26). The minimum Gasteiger partial charge on any atom is -0.349 e. The lowest BCUT2D eigenvalue weighted by molar-refractivity contribution is -0.148. The summed E-state index contributed by atoms with van der Waals surface area (Å²) in [5.74, 6) is 0.224. The van der Waals surface area contributed by atoms with Gasteiger partial charge in [0.15, 0.2) is 5.82 Å². The van der Waals surface area contributed by atoms with E-state index in [4.69, 9.17) is 0 Å². The molecule has 0 saturated carbocycles. The van der Waals surface area contributed by atoms with Crippen molar-refractivity contribution in [2.45, 2.75) is 25.1 Å². The van der Waals surface area contributed by atoms with E-state index in [9.17, 15) is 18.0 Å². The molecule has 138 valence electrons. The van der Waals surface area contributed by atoms with Crippen LogP contribution in [0.2, 0.25) is 0 Å². The van der Waals surface area contributed by atoms with E-state index in [0.717, 1.165) is 5.56 Å². The predicted molar refractivity (Wildman–Crippen MR) is 90.5 cm³/mol. The molecule has 1 saturated heterocycles. The van der Waals surface area contributed by atoms with Crippen LogP contribution in [0, 0.1) is 0 Å². The maximum absolute atomic E-state index is 12.4. The van der Waals surface area contributed by atoms with Crippen molar-refractivity contribution >= 4 is 5.91 Å². The Morgan fingerprint density at radius 1 is 1.12 bits per heavy atom. The molecule has 0 unspecified atom stereocenters. The number of aromatic nitrogens is 2. The second-order valence-corrected chi connectivity index (χ2v) is 6.30. The Hall–Kier alpha value is -2.48. The summed E-state index contributed by atoms with van der Waals surface area (Å²) in [6, 6.07) is 9.27. The van der Waals surface area contributed by atoms with E-state index in [1.807, 2.05) is 30.3 Å². The molecule has 1 aliphatic rings. The number of carbonyl (C=O) groups excluding carboxylic acids is 1. The number of likely N-dealkylation sites (tertiary alicyclic amines) is 1. The van der Waals surface area contributed by atoms with Crippen LogP contribution >= 0.6 is 0 Å². The molecular weight excluding hydrogens is 345 g/mol. The van der Waals surface area contributed by atoms with Gasteiger partial charge in [0.2, 0.25) is 0 Å².